The predicted octanol–water partition coefficient (Wildman–Crippen LogP) is 1.46. The van der Waals surface area contributed by atoms with Crippen molar-refractivity contribution in [2.75, 3.05) is 12.0 Å². The maximum atomic E-state index is 11.8. The lowest BCUT2D eigenvalue weighted by molar-refractivity contribution is -0.141. The monoisotopic (exact) mass is 290 g/mol. The Kier molecular flexibility index (Phi) is 8.09. The molecule has 0 heterocycles. The number of nitrogens with one attached hydrogen (secondary N) is 1. The van der Waals surface area contributed by atoms with E-state index in [1.54, 1.807) is 11.8 Å². The molecule has 0 aliphatic heterocycles. The molecule has 0 bridgehead atoms. The fourth-order valence-corrected chi connectivity index (χ4v) is 2.31. The number of carboxylic acids is 1. The second kappa shape index (κ2) is 8.43. The largest absolute Gasteiger partial charge is 0.480 e. The van der Waals surface area contributed by atoms with E-state index in [2.05, 4.69) is 26.1 Å². The smallest absolute Gasteiger partial charge is 0.326 e. The molecule has 0 radical (unpaired) electrons. The van der Waals surface area contributed by atoms with Gasteiger partial charge in [-0.2, -0.15) is 11.8 Å². The van der Waals surface area contributed by atoms with Crippen molar-refractivity contribution in [2.24, 2.45) is 11.1 Å². The lowest BCUT2D eigenvalue weighted by Crippen LogP contribution is -2.43. The molecule has 1 amide bonds. The highest BCUT2D eigenvalue weighted by Crippen LogP contribution is 2.21. The maximum Gasteiger partial charge on any atom is 0.326 e. The summed E-state index contributed by atoms with van der Waals surface area (Å²) in [5.41, 5.74) is 5.96. The molecule has 112 valence electrons. The van der Waals surface area contributed by atoms with E-state index in [4.69, 9.17) is 10.8 Å². The van der Waals surface area contributed by atoms with Gasteiger partial charge in [-0.25, -0.2) is 4.79 Å². The Bertz CT molecular complexity index is 303. The van der Waals surface area contributed by atoms with Crippen molar-refractivity contribution in [3.8, 4) is 0 Å². The van der Waals surface area contributed by atoms with Crippen LogP contribution >= 0.6 is 11.8 Å². The van der Waals surface area contributed by atoms with Gasteiger partial charge in [0, 0.05) is 12.5 Å². The van der Waals surface area contributed by atoms with Gasteiger partial charge in [-0.3, -0.25) is 4.79 Å². The Morgan fingerprint density at radius 1 is 1.37 bits per heavy atom. The van der Waals surface area contributed by atoms with Crippen molar-refractivity contribution in [2.45, 2.75) is 52.1 Å². The quantitative estimate of drug-likeness (QED) is 0.629. The average molecular weight is 290 g/mol. The van der Waals surface area contributed by atoms with E-state index in [0.717, 1.165) is 6.42 Å². The zero-order valence-electron chi connectivity index (χ0n) is 12.2. The molecular weight excluding hydrogens is 264 g/mol. The van der Waals surface area contributed by atoms with Crippen LogP contribution in [-0.4, -0.2) is 41.1 Å². The Morgan fingerprint density at radius 3 is 2.37 bits per heavy atom. The second-order valence-electron chi connectivity index (χ2n) is 5.97. The van der Waals surface area contributed by atoms with Crippen LogP contribution in [0.1, 0.15) is 40.0 Å². The van der Waals surface area contributed by atoms with E-state index in [1.165, 1.54) is 0 Å². The number of rotatable bonds is 8. The zero-order valence-corrected chi connectivity index (χ0v) is 13.0. The molecule has 0 aromatic heterocycles. The fourth-order valence-electron chi connectivity index (χ4n) is 1.84. The zero-order chi connectivity index (χ0) is 15.1. The first-order valence-corrected chi connectivity index (χ1v) is 7.82. The van der Waals surface area contributed by atoms with Crippen LogP contribution in [0, 0.1) is 5.41 Å². The molecule has 0 saturated heterocycles. The molecule has 0 aliphatic rings. The van der Waals surface area contributed by atoms with E-state index >= 15 is 0 Å². The van der Waals surface area contributed by atoms with Gasteiger partial charge in [0.15, 0.2) is 0 Å². The minimum atomic E-state index is -0.994. The van der Waals surface area contributed by atoms with Gasteiger partial charge >= 0.3 is 5.97 Å². The Hall–Kier alpha value is -0.750. The van der Waals surface area contributed by atoms with Crippen molar-refractivity contribution < 1.29 is 14.7 Å². The molecule has 1 unspecified atom stereocenters. The summed E-state index contributed by atoms with van der Waals surface area (Å²) in [6.45, 7) is 6.18. The molecule has 0 aromatic carbocycles. The first kappa shape index (κ1) is 18.2. The molecule has 0 aromatic rings. The number of carbonyl (C=O) groups is 2. The summed E-state index contributed by atoms with van der Waals surface area (Å²) in [5.74, 6) is -0.581. The summed E-state index contributed by atoms with van der Waals surface area (Å²) in [7, 11) is 0. The molecule has 4 N–H and O–H groups in total. The van der Waals surface area contributed by atoms with Crippen molar-refractivity contribution in [3.05, 3.63) is 0 Å². The molecule has 0 aliphatic carbocycles. The molecule has 0 rings (SSSR count). The number of hydrogen-bond acceptors (Lipinski definition) is 4. The van der Waals surface area contributed by atoms with Crippen LogP contribution in [0.2, 0.25) is 0 Å². The number of nitrogens with two attached hydrogens (primary N) is 1. The maximum absolute atomic E-state index is 11.8. The first-order valence-electron chi connectivity index (χ1n) is 6.42. The molecule has 0 saturated carbocycles. The van der Waals surface area contributed by atoms with Crippen LogP contribution in [0.5, 0.6) is 0 Å². The van der Waals surface area contributed by atoms with E-state index in [1.807, 2.05) is 6.26 Å². The van der Waals surface area contributed by atoms with Gasteiger partial charge in [0.25, 0.3) is 0 Å². The van der Waals surface area contributed by atoms with E-state index in [-0.39, 0.29) is 23.8 Å². The van der Waals surface area contributed by atoms with Crippen LogP contribution in [0.3, 0.4) is 0 Å². The summed E-state index contributed by atoms with van der Waals surface area (Å²) in [4.78, 5) is 22.8. The lowest BCUT2D eigenvalue weighted by Gasteiger charge is -2.23. The van der Waals surface area contributed by atoms with E-state index in [9.17, 15) is 9.59 Å². The van der Waals surface area contributed by atoms with Crippen molar-refractivity contribution in [1.82, 2.24) is 5.32 Å². The topological polar surface area (TPSA) is 92.4 Å². The van der Waals surface area contributed by atoms with Gasteiger partial charge in [-0.15, -0.1) is 0 Å². The van der Waals surface area contributed by atoms with Crippen LogP contribution in [0.15, 0.2) is 0 Å². The molecule has 5 nitrogen and oxygen atoms in total. The third-order valence-electron chi connectivity index (χ3n) is 2.57. The third kappa shape index (κ3) is 9.78. The summed E-state index contributed by atoms with van der Waals surface area (Å²) in [5, 5.41) is 11.6. The molecule has 19 heavy (non-hydrogen) atoms. The van der Waals surface area contributed by atoms with Gasteiger partial charge in [0.1, 0.15) is 6.04 Å². The SMILES string of the molecule is CSCC[C@H](NC(=O)CC(N)CC(C)(C)C)C(=O)O. The number of amides is 1. The van der Waals surface area contributed by atoms with E-state index in [0.29, 0.717) is 12.2 Å². The number of hydrogen-bond donors (Lipinski definition) is 3. The highest BCUT2D eigenvalue weighted by molar-refractivity contribution is 7.98. The molecule has 2 atom stereocenters. The molecule has 0 spiro atoms. The van der Waals surface area contributed by atoms with Crippen LogP contribution in [0.25, 0.3) is 0 Å². The lowest BCUT2D eigenvalue weighted by atomic mass is 9.87. The minimum absolute atomic E-state index is 0.0603. The van der Waals surface area contributed by atoms with Gasteiger partial charge < -0.3 is 16.2 Å². The normalized spacial score (nSPS) is 14.8. The summed E-state index contributed by atoms with van der Waals surface area (Å²) >= 11 is 1.56. The van der Waals surface area contributed by atoms with Gasteiger partial charge in [0.2, 0.25) is 5.91 Å². The van der Waals surface area contributed by atoms with Crippen molar-refractivity contribution >= 4 is 23.6 Å². The number of aliphatic carboxylic acids is 1. The third-order valence-corrected chi connectivity index (χ3v) is 3.21. The average Bonchev–Trinajstić information content (AvgIpc) is 2.20. The van der Waals surface area contributed by atoms with Crippen LogP contribution < -0.4 is 11.1 Å². The molecule has 6 heteroatoms. The summed E-state index contributed by atoms with van der Waals surface area (Å²) in [6.07, 6.45) is 3.22. The number of thioether (sulfide) groups is 1. The Labute approximate surface area is 119 Å². The summed E-state index contributed by atoms with van der Waals surface area (Å²) < 4.78 is 0. The van der Waals surface area contributed by atoms with Gasteiger partial charge in [0.05, 0.1) is 0 Å². The summed E-state index contributed by atoms with van der Waals surface area (Å²) in [6, 6.07) is -1.06. The van der Waals surface area contributed by atoms with Crippen LogP contribution in [0.4, 0.5) is 0 Å². The minimum Gasteiger partial charge on any atom is -0.480 e. The fraction of sp³-hybridized carbons (Fsp3) is 0.846. The second-order valence-corrected chi connectivity index (χ2v) is 6.95. The van der Waals surface area contributed by atoms with Crippen molar-refractivity contribution in [1.29, 1.82) is 0 Å². The Balaban J connectivity index is 4.22. The highest BCUT2D eigenvalue weighted by atomic mass is 32.2. The van der Waals surface area contributed by atoms with E-state index < -0.39 is 12.0 Å². The number of carbonyl (C=O) groups excluding carboxylic acids is 1. The molecule has 0 fully saturated rings. The highest BCUT2D eigenvalue weighted by Gasteiger charge is 2.22. The predicted molar refractivity (Wildman–Crippen MR) is 79.2 cm³/mol. The first-order chi connectivity index (χ1) is 8.65. The standard InChI is InChI=1S/C13H26N2O3S/c1-13(2,3)8-9(14)7-11(16)15-10(12(17)18)5-6-19-4/h9-10H,5-8,14H2,1-4H3,(H,15,16)(H,17,18)/t9?,10-/m0/s1. The van der Waals surface area contributed by atoms with Gasteiger partial charge in [-0.05, 0) is 30.3 Å². The van der Waals surface area contributed by atoms with Crippen molar-refractivity contribution in [3.63, 3.8) is 0 Å². The van der Waals surface area contributed by atoms with Gasteiger partial charge in [-0.1, -0.05) is 20.8 Å². The number of carboxylic acid groups (broad SMARTS) is 1. The Morgan fingerprint density at radius 2 is 1.95 bits per heavy atom. The molecular formula is C13H26N2O3S. The van der Waals surface area contributed by atoms with Crippen LogP contribution in [-0.2, 0) is 9.59 Å².